The number of ether oxygens (including phenoxy) is 1. The van der Waals surface area contributed by atoms with Crippen molar-refractivity contribution in [2.45, 2.75) is 25.7 Å². The molecule has 9 heteroatoms. The highest BCUT2D eigenvalue weighted by Crippen LogP contribution is 2.26. The number of para-hydroxylation sites is 1. The summed E-state index contributed by atoms with van der Waals surface area (Å²) < 4.78 is 7.81. The van der Waals surface area contributed by atoms with Gasteiger partial charge in [-0.1, -0.05) is 59.8 Å². The molecule has 7 nitrogen and oxygen atoms in total. The lowest BCUT2D eigenvalue weighted by Crippen LogP contribution is -2.26. The largest absolute Gasteiger partial charge is 0.449 e. The summed E-state index contributed by atoms with van der Waals surface area (Å²) in [4.78, 5) is 40.9. The van der Waals surface area contributed by atoms with Gasteiger partial charge >= 0.3 is 6.09 Å². The number of amides is 1. The summed E-state index contributed by atoms with van der Waals surface area (Å²) in [6.45, 7) is 7.05. The number of Topliss-reactive ketones (excluding diaryl/α,β-unsaturated/α-hetero) is 1. The minimum Gasteiger partial charge on any atom is -0.449 e. The number of carbonyl (C=O) groups excluding carboxylic acids is 3. The smallest absolute Gasteiger partial charge is 0.418 e. The molecule has 1 amide bonds. The average Bonchev–Trinajstić information content (AvgIpc) is 3.39. The number of aromatic nitrogens is 2. The van der Waals surface area contributed by atoms with Crippen LogP contribution in [-0.2, 0) is 9.53 Å². The van der Waals surface area contributed by atoms with Gasteiger partial charge in [-0.15, -0.1) is 0 Å². The zero-order valence-electron chi connectivity index (χ0n) is 19.7. The van der Waals surface area contributed by atoms with Crippen LogP contribution in [0.2, 0.25) is 25.7 Å². The van der Waals surface area contributed by atoms with Crippen LogP contribution in [-0.4, -0.2) is 42.0 Å². The first-order valence-corrected chi connectivity index (χ1v) is 15.7. The van der Waals surface area contributed by atoms with Gasteiger partial charge in [-0.05, 0) is 30.3 Å². The summed E-state index contributed by atoms with van der Waals surface area (Å²) in [6, 6.07) is 13.8. The molecule has 0 saturated carbocycles. The summed E-state index contributed by atoms with van der Waals surface area (Å²) in [5.74, 6) is -1.38. The molecule has 2 aromatic carbocycles. The van der Waals surface area contributed by atoms with Gasteiger partial charge in [-0.2, -0.15) is 0 Å². The van der Waals surface area contributed by atoms with Crippen molar-refractivity contribution in [1.29, 1.82) is 0 Å². The summed E-state index contributed by atoms with van der Waals surface area (Å²) in [5, 5.41) is 4.04. The second kappa shape index (κ2) is 10.0. The fourth-order valence-corrected chi connectivity index (χ4v) is 4.74. The Morgan fingerprint density at radius 3 is 2.66 bits per heavy atom. The zero-order valence-corrected chi connectivity index (χ0v) is 22.3. The van der Waals surface area contributed by atoms with Crippen LogP contribution in [0.15, 0.2) is 65.5 Å². The van der Waals surface area contributed by atoms with Crippen LogP contribution < -0.4 is 5.32 Å². The number of nitrogens with zero attached hydrogens (tertiary/aromatic N) is 1. The molecule has 0 aliphatic heterocycles. The van der Waals surface area contributed by atoms with Gasteiger partial charge in [0.1, 0.15) is 0 Å². The molecular formula is C26H26BrN3O4Si. The van der Waals surface area contributed by atoms with Gasteiger partial charge in [0.2, 0.25) is 0 Å². The Bertz CT molecular complexity index is 1460. The number of aromatic amines is 1. The standard InChI is InChI=1S/C26H26BrN3O4Si/c1-35(2,3)13-12-34-26(33)30-16-17(19-9-8-18(27)14-23(19)30)10-11-28-25(32)24(31)21-15-29-22-7-5-4-6-20(21)22/h4-11,14-16,29H,12-13H2,1-3H3,(H,28,32)/b11-10+. The van der Waals surface area contributed by atoms with Gasteiger partial charge < -0.3 is 15.0 Å². The average molecular weight is 553 g/mol. The Labute approximate surface area is 212 Å². The van der Waals surface area contributed by atoms with Crippen LogP contribution in [0.1, 0.15) is 15.9 Å². The SMILES string of the molecule is C[Si](C)(C)CCOC(=O)n1cc(/C=C/NC(=O)C(=O)c2c[nH]c3ccccc23)c2ccc(Br)cc21. The van der Waals surface area contributed by atoms with Crippen molar-refractivity contribution >= 4 is 69.7 Å². The first-order valence-electron chi connectivity index (χ1n) is 11.2. The molecule has 0 fully saturated rings. The van der Waals surface area contributed by atoms with Crippen LogP contribution in [0.25, 0.3) is 27.9 Å². The monoisotopic (exact) mass is 551 g/mol. The van der Waals surface area contributed by atoms with E-state index in [0.29, 0.717) is 28.6 Å². The first kappa shape index (κ1) is 24.7. The number of H-pyrrole nitrogens is 1. The number of rotatable bonds is 7. The molecule has 0 aliphatic rings. The Morgan fingerprint density at radius 2 is 1.89 bits per heavy atom. The molecule has 2 N–H and O–H groups in total. The Kier molecular flexibility index (Phi) is 7.09. The number of ketones is 1. The van der Waals surface area contributed by atoms with E-state index in [2.05, 4.69) is 45.9 Å². The maximum Gasteiger partial charge on any atom is 0.418 e. The zero-order chi connectivity index (χ0) is 25.2. The minimum absolute atomic E-state index is 0.314. The van der Waals surface area contributed by atoms with Gasteiger partial charge in [0, 0.05) is 53.0 Å². The normalized spacial score (nSPS) is 11.9. The van der Waals surface area contributed by atoms with Crippen molar-refractivity contribution < 1.29 is 19.1 Å². The van der Waals surface area contributed by atoms with Gasteiger partial charge in [-0.25, -0.2) is 4.79 Å². The number of carbonyl (C=O) groups is 3. The second-order valence-corrected chi connectivity index (χ2v) is 16.0. The van der Waals surface area contributed by atoms with Gasteiger partial charge in [0.15, 0.2) is 0 Å². The number of hydrogen-bond donors (Lipinski definition) is 2. The van der Waals surface area contributed by atoms with E-state index in [1.54, 1.807) is 18.3 Å². The van der Waals surface area contributed by atoms with E-state index in [-0.39, 0.29) is 0 Å². The lowest BCUT2D eigenvalue weighted by Gasteiger charge is -2.15. The van der Waals surface area contributed by atoms with Crippen molar-refractivity contribution in [3.05, 3.63) is 76.7 Å². The number of fused-ring (bicyclic) bond motifs is 2. The van der Waals surface area contributed by atoms with E-state index in [0.717, 1.165) is 21.4 Å². The predicted molar refractivity (Wildman–Crippen MR) is 144 cm³/mol. The third kappa shape index (κ3) is 5.63. The fraction of sp³-hybridized carbons (Fsp3) is 0.192. The highest BCUT2D eigenvalue weighted by molar-refractivity contribution is 9.10. The van der Waals surface area contributed by atoms with Gasteiger partial charge in [0.25, 0.3) is 11.7 Å². The fourth-order valence-electron chi connectivity index (χ4n) is 3.68. The van der Waals surface area contributed by atoms with E-state index in [1.807, 2.05) is 36.4 Å². The third-order valence-electron chi connectivity index (χ3n) is 5.59. The minimum atomic E-state index is -1.33. The van der Waals surface area contributed by atoms with E-state index < -0.39 is 25.9 Å². The molecule has 0 radical (unpaired) electrons. The second-order valence-electron chi connectivity index (χ2n) is 9.42. The van der Waals surface area contributed by atoms with Crippen molar-refractivity contribution in [1.82, 2.24) is 14.9 Å². The maximum atomic E-state index is 12.8. The van der Waals surface area contributed by atoms with Crippen LogP contribution in [0.4, 0.5) is 4.79 Å². The molecule has 0 unspecified atom stereocenters. The molecule has 180 valence electrons. The van der Waals surface area contributed by atoms with Crippen LogP contribution in [0, 0.1) is 0 Å². The molecule has 0 bridgehead atoms. The number of halogens is 1. The van der Waals surface area contributed by atoms with Crippen LogP contribution in [0.5, 0.6) is 0 Å². The molecule has 0 spiro atoms. The Hall–Kier alpha value is -3.43. The first-order chi connectivity index (χ1) is 16.6. The quantitative estimate of drug-likeness (QED) is 0.163. The maximum absolute atomic E-state index is 12.8. The molecule has 0 saturated heterocycles. The van der Waals surface area contributed by atoms with Crippen molar-refractivity contribution in [2.24, 2.45) is 0 Å². The molecule has 4 rings (SSSR count). The lowest BCUT2D eigenvalue weighted by atomic mass is 10.1. The number of nitrogens with one attached hydrogen (secondary N) is 2. The van der Waals surface area contributed by atoms with Crippen LogP contribution in [0.3, 0.4) is 0 Å². The molecule has 4 aromatic rings. The summed E-state index contributed by atoms with van der Waals surface area (Å²) in [5.41, 5.74) is 2.48. The molecular weight excluding hydrogens is 526 g/mol. The topological polar surface area (TPSA) is 93.2 Å². The summed E-state index contributed by atoms with van der Waals surface area (Å²) in [7, 11) is -1.33. The van der Waals surface area contributed by atoms with Gasteiger partial charge in [0.05, 0.1) is 17.7 Å². The summed E-state index contributed by atoms with van der Waals surface area (Å²) >= 11 is 3.45. The highest BCUT2D eigenvalue weighted by Gasteiger charge is 2.20. The molecule has 0 aliphatic carbocycles. The molecule has 35 heavy (non-hydrogen) atoms. The lowest BCUT2D eigenvalue weighted by molar-refractivity contribution is -0.116. The van der Waals surface area contributed by atoms with E-state index in [1.165, 1.54) is 17.0 Å². The van der Waals surface area contributed by atoms with Crippen molar-refractivity contribution in [2.75, 3.05) is 6.61 Å². The molecule has 0 atom stereocenters. The van der Waals surface area contributed by atoms with E-state index >= 15 is 0 Å². The Balaban J connectivity index is 1.51. The number of benzene rings is 2. The number of hydrogen-bond acceptors (Lipinski definition) is 4. The Morgan fingerprint density at radius 1 is 1.11 bits per heavy atom. The third-order valence-corrected chi connectivity index (χ3v) is 7.79. The van der Waals surface area contributed by atoms with Gasteiger partial charge in [-0.3, -0.25) is 14.2 Å². The van der Waals surface area contributed by atoms with E-state index in [9.17, 15) is 14.4 Å². The molecule has 2 aromatic heterocycles. The van der Waals surface area contributed by atoms with E-state index in [4.69, 9.17) is 4.74 Å². The predicted octanol–water partition coefficient (Wildman–Crippen LogP) is 6.18. The summed E-state index contributed by atoms with van der Waals surface area (Å²) in [6.07, 6.45) is 5.81. The van der Waals surface area contributed by atoms with Crippen molar-refractivity contribution in [3.63, 3.8) is 0 Å². The molecule has 2 heterocycles. The highest BCUT2D eigenvalue weighted by atomic mass is 79.9. The van der Waals surface area contributed by atoms with Crippen LogP contribution >= 0.6 is 15.9 Å². The van der Waals surface area contributed by atoms with Crippen molar-refractivity contribution in [3.8, 4) is 0 Å².